The number of hydrogen-bond acceptors (Lipinski definition) is 4. The summed E-state index contributed by atoms with van der Waals surface area (Å²) in [7, 11) is 1.28. The molecule has 19 heavy (non-hydrogen) atoms. The summed E-state index contributed by atoms with van der Waals surface area (Å²) in [5, 5.41) is 2.77. The molecule has 1 saturated heterocycles. The van der Waals surface area contributed by atoms with E-state index < -0.39 is 11.4 Å². The predicted molar refractivity (Wildman–Crippen MR) is 68.4 cm³/mol. The number of esters is 1. The maximum Gasteiger partial charge on any atom is 0.326 e. The van der Waals surface area contributed by atoms with Crippen molar-refractivity contribution in [2.45, 2.75) is 6.42 Å². The second-order valence-corrected chi connectivity index (χ2v) is 4.56. The Bertz CT molecular complexity index is 454. The normalized spacial score (nSPS) is 16.3. The van der Waals surface area contributed by atoms with Gasteiger partial charge in [0.05, 0.1) is 20.3 Å². The van der Waals surface area contributed by atoms with Crippen LogP contribution in [0.5, 0.6) is 0 Å². The minimum Gasteiger partial charge on any atom is -0.468 e. The summed E-state index contributed by atoms with van der Waals surface area (Å²) in [6.45, 7) is 0.676. The molecule has 1 aliphatic rings. The average molecular weight is 263 g/mol. The van der Waals surface area contributed by atoms with Gasteiger partial charge in [0.1, 0.15) is 0 Å². The minimum atomic E-state index is -1.15. The van der Waals surface area contributed by atoms with Crippen molar-refractivity contribution in [3.63, 3.8) is 0 Å². The van der Waals surface area contributed by atoms with E-state index in [0.717, 1.165) is 12.0 Å². The van der Waals surface area contributed by atoms with Crippen LogP contribution in [0.1, 0.15) is 5.56 Å². The van der Waals surface area contributed by atoms with E-state index in [1.165, 1.54) is 7.11 Å². The molecular weight excluding hydrogens is 246 g/mol. The quantitative estimate of drug-likeness (QED) is 0.622. The summed E-state index contributed by atoms with van der Waals surface area (Å²) in [6, 6.07) is 9.84. The highest BCUT2D eigenvalue weighted by Gasteiger charge is 2.53. The lowest BCUT2D eigenvalue weighted by Crippen LogP contribution is -2.59. The van der Waals surface area contributed by atoms with E-state index in [9.17, 15) is 9.59 Å². The third kappa shape index (κ3) is 2.76. The highest BCUT2D eigenvalue weighted by atomic mass is 16.5. The molecule has 5 heteroatoms. The topological polar surface area (TPSA) is 64.6 Å². The molecule has 0 bridgehead atoms. The van der Waals surface area contributed by atoms with Gasteiger partial charge >= 0.3 is 5.97 Å². The second-order valence-electron chi connectivity index (χ2n) is 4.56. The van der Waals surface area contributed by atoms with Crippen LogP contribution in [0.15, 0.2) is 30.3 Å². The summed E-state index contributed by atoms with van der Waals surface area (Å²) in [5.41, 5.74) is -0.00870. The van der Waals surface area contributed by atoms with Crippen LogP contribution < -0.4 is 5.32 Å². The number of amides is 1. The number of rotatable bonds is 5. The van der Waals surface area contributed by atoms with Crippen molar-refractivity contribution < 1.29 is 19.1 Å². The molecule has 0 saturated carbocycles. The third-order valence-electron chi connectivity index (χ3n) is 3.25. The van der Waals surface area contributed by atoms with Gasteiger partial charge in [0.25, 0.3) is 0 Å². The van der Waals surface area contributed by atoms with Crippen molar-refractivity contribution in [2.75, 3.05) is 26.9 Å². The maximum absolute atomic E-state index is 12.0. The van der Waals surface area contributed by atoms with Crippen LogP contribution in [0.3, 0.4) is 0 Å². The van der Waals surface area contributed by atoms with E-state index >= 15 is 0 Å². The Morgan fingerprint density at radius 1 is 1.32 bits per heavy atom. The Balaban J connectivity index is 1.86. The zero-order valence-electron chi connectivity index (χ0n) is 10.8. The van der Waals surface area contributed by atoms with Crippen LogP contribution >= 0.6 is 0 Å². The first-order chi connectivity index (χ1) is 9.19. The first kappa shape index (κ1) is 13.5. The lowest BCUT2D eigenvalue weighted by atomic mass is 9.85. The van der Waals surface area contributed by atoms with Gasteiger partial charge < -0.3 is 14.8 Å². The number of carbonyl (C=O) groups excluding carboxylic acids is 2. The molecular formula is C14H17NO4. The smallest absolute Gasteiger partial charge is 0.326 e. The van der Waals surface area contributed by atoms with Crippen molar-refractivity contribution in [1.29, 1.82) is 0 Å². The Morgan fingerprint density at radius 2 is 2.00 bits per heavy atom. The van der Waals surface area contributed by atoms with E-state index in [0.29, 0.717) is 6.54 Å². The molecule has 0 aromatic heterocycles. The van der Waals surface area contributed by atoms with Crippen molar-refractivity contribution in [3.8, 4) is 0 Å². The van der Waals surface area contributed by atoms with Crippen LogP contribution in [-0.2, 0) is 25.5 Å². The van der Waals surface area contributed by atoms with Gasteiger partial charge in [0.15, 0.2) is 5.41 Å². The molecule has 1 fully saturated rings. The van der Waals surface area contributed by atoms with Crippen LogP contribution in [0.4, 0.5) is 0 Å². The molecule has 1 N–H and O–H groups in total. The molecule has 1 heterocycles. The number of carbonyl (C=O) groups is 2. The fourth-order valence-electron chi connectivity index (χ4n) is 1.98. The lowest BCUT2D eigenvalue weighted by molar-refractivity contribution is -0.188. The summed E-state index contributed by atoms with van der Waals surface area (Å²) >= 11 is 0. The number of nitrogens with one attached hydrogen (secondary N) is 1. The van der Waals surface area contributed by atoms with Crippen LogP contribution in [-0.4, -0.2) is 38.7 Å². The Hall–Kier alpha value is -1.88. The Labute approximate surface area is 111 Å². The zero-order valence-corrected chi connectivity index (χ0v) is 10.8. The summed E-state index contributed by atoms with van der Waals surface area (Å²) in [5.74, 6) is -0.850. The van der Waals surface area contributed by atoms with Gasteiger partial charge in [-0.1, -0.05) is 30.3 Å². The van der Waals surface area contributed by atoms with Crippen molar-refractivity contribution in [2.24, 2.45) is 5.41 Å². The van der Waals surface area contributed by atoms with Crippen molar-refractivity contribution >= 4 is 11.9 Å². The number of benzene rings is 1. The molecule has 0 radical (unpaired) electrons. The molecule has 1 aliphatic heterocycles. The zero-order chi connectivity index (χ0) is 13.7. The average Bonchev–Trinajstić information content (AvgIpc) is 2.38. The minimum absolute atomic E-state index is 0.0941. The van der Waals surface area contributed by atoms with Gasteiger partial charge in [0, 0.05) is 6.54 Å². The molecule has 1 amide bonds. The Kier molecular flexibility index (Phi) is 4.16. The first-order valence-electron chi connectivity index (χ1n) is 6.17. The third-order valence-corrected chi connectivity index (χ3v) is 3.25. The fourth-order valence-corrected chi connectivity index (χ4v) is 1.98. The number of hydrogen-bond donors (Lipinski definition) is 1. The van der Waals surface area contributed by atoms with Gasteiger partial charge in [-0.3, -0.25) is 9.59 Å². The highest BCUT2D eigenvalue weighted by molar-refractivity contribution is 6.03. The Morgan fingerprint density at radius 3 is 2.53 bits per heavy atom. The summed E-state index contributed by atoms with van der Waals surface area (Å²) in [4.78, 5) is 23.7. The SMILES string of the molecule is COC(=O)C1(C(=O)NCCc2ccccc2)COC1. The molecule has 1 aromatic rings. The molecule has 5 nitrogen and oxygen atoms in total. The summed E-state index contributed by atoms with van der Waals surface area (Å²) in [6.07, 6.45) is 0.727. The van der Waals surface area contributed by atoms with E-state index in [2.05, 4.69) is 10.1 Å². The monoisotopic (exact) mass is 263 g/mol. The van der Waals surface area contributed by atoms with Crippen LogP contribution in [0.2, 0.25) is 0 Å². The number of methoxy groups -OCH3 is 1. The fraction of sp³-hybridized carbons (Fsp3) is 0.429. The second kappa shape index (κ2) is 5.84. The van der Waals surface area contributed by atoms with Crippen molar-refractivity contribution in [1.82, 2.24) is 5.32 Å². The van der Waals surface area contributed by atoms with Gasteiger partial charge in [-0.05, 0) is 12.0 Å². The van der Waals surface area contributed by atoms with E-state index in [1.54, 1.807) is 0 Å². The van der Waals surface area contributed by atoms with E-state index in [-0.39, 0.29) is 19.1 Å². The largest absolute Gasteiger partial charge is 0.468 e. The van der Waals surface area contributed by atoms with E-state index in [4.69, 9.17) is 4.74 Å². The lowest BCUT2D eigenvalue weighted by Gasteiger charge is -2.36. The molecule has 0 atom stereocenters. The molecule has 1 aromatic carbocycles. The standard InChI is InChI=1S/C14H17NO4/c1-18-13(17)14(9-19-10-14)12(16)15-8-7-11-5-3-2-4-6-11/h2-6H,7-10H2,1H3,(H,15,16). The molecule has 102 valence electrons. The van der Waals surface area contributed by atoms with Gasteiger partial charge in [-0.2, -0.15) is 0 Å². The van der Waals surface area contributed by atoms with Gasteiger partial charge in [0.2, 0.25) is 5.91 Å². The van der Waals surface area contributed by atoms with Crippen LogP contribution in [0, 0.1) is 5.41 Å². The predicted octanol–water partition coefficient (Wildman–Crippen LogP) is 0.535. The highest BCUT2D eigenvalue weighted by Crippen LogP contribution is 2.29. The van der Waals surface area contributed by atoms with Gasteiger partial charge in [-0.15, -0.1) is 0 Å². The van der Waals surface area contributed by atoms with Crippen LogP contribution in [0.25, 0.3) is 0 Å². The van der Waals surface area contributed by atoms with Crippen molar-refractivity contribution in [3.05, 3.63) is 35.9 Å². The molecule has 0 unspecified atom stereocenters. The molecule has 0 aliphatic carbocycles. The molecule has 0 spiro atoms. The van der Waals surface area contributed by atoms with E-state index in [1.807, 2.05) is 30.3 Å². The number of ether oxygens (including phenoxy) is 2. The maximum atomic E-state index is 12.0. The molecule has 2 rings (SSSR count). The summed E-state index contributed by atoms with van der Waals surface area (Å²) < 4.78 is 9.65. The first-order valence-corrected chi connectivity index (χ1v) is 6.17. The van der Waals surface area contributed by atoms with Gasteiger partial charge in [-0.25, -0.2) is 0 Å².